The van der Waals surface area contributed by atoms with Gasteiger partial charge in [0.1, 0.15) is 0 Å². The third-order valence-electron chi connectivity index (χ3n) is 3.49. The Kier molecular flexibility index (Phi) is 6.06. The summed E-state index contributed by atoms with van der Waals surface area (Å²) in [5, 5.41) is 13.1. The highest BCUT2D eigenvalue weighted by Gasteiger charge is 2.15. The number of hydrogen-bond donors (Lipinski definition) is 2. The molecule has 3 rings (SSSR count). The molecule has 1 aromatic carbocycles. The minimum atomic E-state index is 0.501. The lowest BCUT2D eigenvalue weighted by Crippen LogP contribution is -2.14. The maximum Gasteiger partial charge on any atom is 0.191 e. The molecule has 7 nitrogen and oxygen atoms in total. The van der Waals surface area contributed by atoms with Gasteiger partial charge >= 0.3 is 0 Å². The first-order chi connectivity index (χ1) is 12.2. The van der Waals surface area contributed by atoms with E-state index in [4.69, 9.17) is 17.3 Å². The highest BCUT2D eigenvalue weighted by atomic mass is 35.5. The molecular weight excluding hydrogens is 358 g/mol. The van der Waals surface area contributed by atoms with Crippen LogP contribution in [-0.4, -0.2) is 43.8 Å². The second-order valence-electron chi connectivity index (χ2n) is 5.43. The molecule has 2 aromatic heterocycles. The Hall–Kier alpha value is -1.90. The first kappa shape index (κ1) is 17.9. The van der Waals surface area contributed by atoms with Gasteiger partial charge in [-0.05, 0) is 18.1 Å². The zero-order chi connectivity index (χ0) is 17.6. The molecule has 0 aliphatic heterocycles. The predicted octanol–water partition coefficient (Wildman–Crippen LogP) is 2.80. The fourth-order valence-electron chi connectivity index (χ4n) is 2.30. The fraction of sp³-hybridized carbons (Fsp3) is 0.375. The molecule has 0 radical (unpaired) electrons. The van der Waals surface area contributed by atoms with Crippen LogP contribution in [0.3, 0.4) is 0 Å². The fourth-order valence-corrected chi connectivity index (χ4v) is 3.19. The molecule has 0 unspecified atom stereocenters. The van der Waals surface area contributed by atoms with Crippen molar-refractivity contribution in [3.63, 3.8) is 0 Å². The van der Waals surface area contributed by atoms with Gasteiger partial charge in [0.2, 0.25) is 0 Å². The number of nitrogens with two attached hydrogens (primary N) is 1. The summed E-state index contributed by atoms with van der Waals surface area (Å²) in [6.45, 7) is 3.75. The van der Waals surface area contributed by atoms with Crippen LogP contribution < -0.4 is 11.1 Å². The minimum absolute atomic E-state index is 0.501. The SMILES string of the molecule is CCCSc1nc(NCCN)c2nnn(Cc3ccccc3Cl)c2n1. The lowest BCUT2D eigenvalue weighted by atomic mass is 10.2. The number of anilines is 1. The number of rotatable bonds is 8. The van der Waals surface area contributed by atoms with Crippen LogP contribution in [0.4, 0.5) is 5.82 Å². The Labute approximate surface area is 155 Å². The summed E-state index contributed by atoms with van der Waals surface area (Å²) < 4.78 is 1.75. The van der Waals surface area contributed by atoms with E-state index in [0.29, 0.717) is 46.8 Å². The number of aromatic nitrogens is 5. The van der Waals surface area contributed by atoms with E-state index in [0.717, 1.165) is 17.7 Å². The highest BCUT2D eigenvalue weighted by Crippen LogP contribution is 2.24. The molecule has 9 heteroatoms. The standard InChI is InChI=1S/C16H20ClN7S/c1-2-9-25-16-20-14(19-8-7-18)13-15(21-16)24(23-22-13)10-11-5-3-4-6-12(11)17/h3-6H,2,7-10,18H2,1H3,(H,19,20,21). The van der Waals surface area contributed by atoms with Gasteiger partial charge in [0, 0.05) is 23.9 Å². The molecule has 2 heterocycles. The molecule has 0 saturated carbocycles. The molecule has 3 N–H and O–H groups in total. The van der Waals surface area contributed by atoms with E-state index in [1.165, 1.54) is 0 Å². The van der Waals surface area contributed by atoms with Crippen molar-refractivity contribution < 1.29 is 0 Å². The molecule has 132 valence electrons. The lowest BCUT2D eigenvalue weighted by molar-refractivity contribution is 0.662. The van der Waals surface area contributed by atoms with Gasteiger partial charge < -0.3 is 11.1 Å². The van der Waals surface area contributed by atoms with Crippen molar-refractivity contribution >= 4 is 40.3 Å². The van der Waals surface area contributed by atoms with Gasteiger partial charge in [0.15, 0.2) is 22.1 Å². The van der Waals surface area contributed by atoms with Crippen molar-refractivity contribution in [3.05, 3.63) is 34.9 Å². The number of nitrogens with one attached hydrogen (secondary N) is 1. The van der Waals surface area contributed by atoms with Gasteiger partial charge in [-0.2, -0.15) is 0 Å². The van der Waals surface area contributed by atoms with E-state index in [2.05, 4.69) is 32.5 Å². The lowest BCUT2D eigenvalue weighted by Gasteiger charge is -2.08. The van der Waals surface area contributed by atoms with Crippen LogP contribution in [-0.2, 0) is 6.54 Å². The van der Waals surface area contributed by atoms with Crippen LogP contribution in [0.5, 0.6) is 0 Å². The minimum Gasteiger partial charge on any atom is -0.367 e. The summed E-state index contributed by atoms with van der Waals surface area (Å²) in [6.07, 6.45) is 1.05. The van der Waals surface area contributed by atoms with E-state index in [-0.39, 0.29) is 0 Å². The number of fused-ring (bicyclic) bond motifs is 1. The predicted molar refractivity (Wildman–Crippen MR) is 102 cm³/mol. The average molecular weight is 378 g/mol. The van der Waals surface area contributed by atoms with E-state index >= 15 is 0 Å². The normalized spacial score (nSPS) is 11.2. The van der Waals surface area contributed by atoms with Crippen LogP contribution in [0.2, 0.25) is 5.02 Å². The van der Waals surface area contributed by atoms with Crippen molar-refractivity contribution in [1.82, 2.24) is 25.0 Å². The third kappa shape index (κ3) is 4.20. The first-order valence-electron chi connectivity index (χ1n) is 8.14. The van der Waals surface area contributed by atoms with Gasteiger partial charge in [0.25, 0.3) is 0 Å². The van der Waals surface area contributed by atoms with E-state index in [1.54, 1.807) is 16.4 Å². The number of nitrogens with zero attached hydrogens (tertiary/aromatic N) is 5. The maximum absolute atomic E-state index is 6.27. The van der Waals surface area contributed by atoms with Crippen LogP contribution in [0.15, 0.2) is 29.4 Å². The van der Waals surface area contributed by atoms with Crippen molar-refractivity contribution in [2.24, 2.45) is 5.73 Å². The van der Waals surface area contributed by atoms with Gasteiger partial charge in [-0.15, -0.1) is 5.10 Å². The number of hydrogen-bond acceptors (Lipinski definition) is 7. The first-order valence-corrected chi connectivity index (χ1v) is 9.50. The second-order valence-corrected chi connectivity index (χ2v) is 6.90. The monoisotopic (exact) mass is 377 g/mol. The number of halogens is 1. The summed E-state index contributed by atoms with van der Waals surface area (Å²) in [4.78, 5) is 9.20. The van der Waals surface area contributed by atoms with Crippen molar-refractivity contribution in [3.8, 4) is 0 Å². The molecule has 0 aliphatic rings. The topological polar surface area (TPSA) is 94.5 Å². The second kappa shape index (κ2) is 8.46. The average Bonchev–Trinajstić information content (AvgIpc) is 3.03. The van der Waals surface area contributed by atoms with Crippen molar-refractivity contribution in [1.29, 1.82) is 0 Å². The summed E-state index contributed by atoms with van der Waals surface area (Å²) >= 11 is 7.88. The number of benzene rings is 1. The maximum atomic E-state index is 6.27. The Morgan fingerprint density at radius 1 is 1.28 bits per heavy atom. The Balaban J connectivity index is 2.00. The smallest absolute Gasteiger partial charge is 0.191 e. The largest absolute Gasteiger partial charge is 0.367 e. The molecule has 3 aromatic rings. The molecule has 0 atom stereocenters. The molecule has 0 bridgehead atoms. The summed E-state index contributed by atoms with van der Waals surface area (Å²) in [5.41, 5.74) is 7.89. The van der Waals surface area contributed by atoms with Gasteiger partial charge in [0.05, 0.1) is 6.54 Å². The van der Waals surface area contributed by atoms with Gasteiger partial charge in [-0.25, -0.2) is 14.6 Å². The van der Waals surface area contributed by atoms with Crippen LogP contribution in [0.1, 0.15) is 18.9 Å². The molecule has 0 saturated heterocycles. The Morgan fingerprint density at radius 2 is 2.12 bits per heavy atom. The molecule has 0 fully saturated rings. The molecular formula is C16H20ClN7S. The summed E-state index contributed by atoms with van der Waals surface area (Å²) in [7, 11) is 0. The quantitative estimate of drug-likeness (QED) is 0.460. The highest BCUT2D eigenvalue weighted by molar-refractivity contribution is 7.99. The molecule has 25 heavy (non-hydrogen) atoms. The summed E-state index contributed by atoms with van der Waals surface area (Å²) in [6, 6.07) is 7.69. The molecule has 0 aliphatic carbocycles. The van der Waals surface area contributed by atoms with Crippen molar-refractivity contribution in [2.75, 3.05) is 24.2 Å². The Bertz CT molecular complexity index is 852. The van der Waals surface area contributed by atoms with E-state index < -0.39 is 0 Å². The summed E-state index contributed by atoms with van der Waals surface area (Å²) in [5.74, 6) is 1.62. The number of thioether (sulfide) groups is 1. The van der Waals surface area contributed by atoms with Crippen LogP contribution in [0.25, 0.3) is 11.2 Å². The van der Waals surface area contributed by atoms with E-state index in [1.807, 2.05) is 24.3 Å². The van der Waals surface area contributed by atoms with Crippen molar-refractivity contribution in [2.45, 2.75) is 25.0 Å². The van der Waals surface area contributed by atoms with Gasteiger partial charge in [-0.3, -0.25) is 0 Å². The molecule has 0 amide bonds. The van der Waals surface area contributed by atoms with E-state index in [9.17, 15) is 0 Å². The van der Waals surface area contributed by atoms with Gasteiger partial charge in [-0.1, -0.05) is 53.7 Å². The third-order valence-corrected chi connectivity index (χ3v) is 4.91. The van der Waals surface area contributed by atoms with Crippen LogP contribution in [0, 0.1) is 0 Å². The zero-order valence-electron chi connectivity index (χ0n) is 13.9. The Morgan fingerprint density at radius 3 is 2.88 bits per heavy atom. The zero-order valence-corrected chi connectivity index (χ0v) is 15.5. The molecule has 0 spiro atoms. The van der Waals surface area contributed by atoms with Crippen LogP contribution >= 0.6 is 23.4 Å².